The average molecular weight is 447 g/mol. The third-order valence-electron chi connectivity index (χ3n) is 3.88. The molecule has 4 rings (SSSR count). The van der Waals surface area contributed by atoms with Crippen LogP contribution in [0.2, 0.25) is 10.0 Å². The van der Waals surface area contributed by atoms with Crippen LogP contribution in [0.5, 0.6) is 17.4 Å². The predicted octanol–water partition coefficient (Wildman–Crippen LogP) is 5.18. The fraction of sp³-hybridized carbons (Fsp3) is 0.0952. The number of halogens is 2. The lowest BCUT2D eigenvalue weighted by Crippen LogP contribution is -1.98. The van der Waals surface area contributed by atoms with Gasteiger partial charge < -0.3 is 19.1 Å². The zero-order chi connectivity index (χ0) is 21.5. The molecule has 0 saturated heterocycles. The van der Waals surface area contributed by atoms with E-state index in [4.69, 9.17) is 42.3 Å². The van der Waals surface area contributed by atoms with Crippen molar-refractivity contribution in [2.45, 2.75) is 0 Å². The highest BCUT2D eigenvalue weighted by Gasteiger charge is 2.15. The Morgan fingerprint density at radius 2 is 1.87 bits per heavy atom. The van der Waals surface area contributed by atoms with Crippen molar-refractivity contribution in [3.05, 3.63) is 64.8 Å². The first-order chi connectivity index (χ1) is 14.6. The summed E-state index contributed by atoms with van der Waals surface area (Å²) in [5.41, 5.74) is 1.80. The number of aldehydes is 1. The maximum Gasteiger partial charge on any atom is 0.219 e. The van der Waals surface area contributed by atoms with Gasteiger partial charge in [-0.15, -0.1) is 0 Å². The fourth-order valence-corrected chi connectivity index (χ4v) is 2.92. The van der Waals surface area contributed by atoms with Gasteiger partial charge in [0.05, 0.1) is 10.4 Å². The van der Waals surface area contributed by atoms with Gasteiger partial charge in [-0.2, -0.15) is 0 Å². The molecule has 0 aliphatic heterocycles. The summed E-state index contributed by atoms with van der Waals surface area (Å²) < 4.78 is 16.4. The van der Waals surface area contributed by atoms with Crippen molar-refractivity contribution >= 4 is 40.5 Å². The second-order valence-electron chi connectivity index (χ2n) is 5.73. The first-order valence-corrected chi connectivity index (χ1v) is 9.39. The number of rotatable bonds is 6. The Kier molecular flexibility index (Phi) is 7.24. The Hall–Kier alpha value is -3.13. The molecule has 7 nitrogen and oxygen atoms in total. The molecule has 0 amide bonds. The number of hydrogen-bond donors (Lipinski definition) is 1. The largest absolute Gasteiger partial charge is 0.485 e. The van der Waals surface area contributed by atoms with Crippen molar-refractivity contribution in [1.82, 2.24) is 10.1 Å². The molecular formula is C21H16Cl2N2O5. The maximum atomic E-state index is 10.5. The first-order valence-electron chi connectivity index (χ1n) is 8.64. The molecular weight excluding hydrogens is 431 g/mol. The van der Waals surface area contributed by atoms with Crippen LogP contribution in [0.25, 0.3) is 22.2 Å². The molecule has 0 fully saturated rings. The summed E-state index contributed by atoms with van der Waals surface area (Å²) >= 11 is 12.0. The van der Waals surface area contributed by atoms with Gasteiger partial charge in [-0.05, 0) is 36.4 Å². The van der Waals surface area contributed by atoms with Crippen LogP contribution in [0.1, 0.15) is 0 Å². The highest BCUT2D eigenvalue weighted by atomic mass is 35.5. The SMILES string of the molecule is CO.O=CCOc1cc2c(-c3ccc(Oc4ccc(Cl)cc4)nc3)noc2cc1Cl. The third-order valence-corrected chi connectivity index (χ3v) is 4.42. The normalized spacial score (nSPS) is 10.3. The van der Waals surface area contributed by atoms with Crippen LogP contribution in [0, 0.1) is 0 Å². The number of carbonyl (C=O) groups excluding carboxylic acids is 1. The summed E-state index contributed by atoms with van der Waals surface area (Å²) in [5, 5.41) is 12.8. The fourth-order valence-electron chi connectivity index (χ4n) is 2.59. The molecule has 0 unspecified atom stereocenters. The van der Waals surface area contributed by atoms with E-state index < -0.39 is 0 Å². The van der Waals surface area contributed by atoms with E-state index in [1.165, 1.54) is 0 Å². The van der Waals surface area contributed by atoms with Gasteiger partial charge >= 0.3 is 0 Å². The topological polar surface area (TPSA) is 94.7 Å². The number of nitrogens with zero attached hydrogens (tertiary/aromatic N) is 2. The molecule has 1 N–H and O–H groups in total. The number of aromatic nitrogens is 2. The summed E-state index contributed by atoms with van der Waals surface area (Å²) in [6.07, 6.45) is 2.28. The van der Waals surface area contributed by atoms with Crippen molar-refractivity contribution in [2.75, 3.05) is 13.7 Å². The smallest absolute Gasteiger partial charge is 0.219 e. The molecule has 0 radical (unpaired) electrons. The molecule has 2 heterocycles. The number of fused-ring (bicyclic) bond motifs is 1. The van der Waals surface area contributed by atoms with E-state index in [0.29, 0.717) is 50.4 Å². The lowest BCUT2D eigenvalue weighted by molar-refractivity contribution is -0.109. The molecule has 2 aromatic heterocycles. The van der Waals surface area contributed by atoms with Gasteiger partial charge in [-0.1, -0.05) is 28.4 Å². The lowest BCUT2D eigenvalue weighted by atomic mass is 10.1. The minimum absolute atomic E-state index is 0.0931. The molecule has 154 valence electrons. The molecule has 0 saturated carbocycles. The molecule has 0 atom stereocenters. The molecule has 9 heteroatoms. The number of carbonyl (C=O) groups is 1. The van der Waals surface area contributed by atoms with Crippen LogP contribution in [-0.2, 0) is 4.79 Å². The van der Waals surface area contributed by atoms with E-state index in [1.807, 2.05) is 6.07 Å². The Morgan fingerprint density at radius 1 is 1.10 bits per heavy atom. The molecule has 0 bridgehead atoms. The van der Waals surface area contributed by atoms with Gasteiger partial charge in [-0.25, -0.2) is 4.98 Å². The minimum Gasteiger partial charge on any atom is -0.485 e. The summed E-state index contributed by atoms with van der Waals surface area (Å²) in [6, 6.07) is 13.8. The van der Waals surface area contributed by atoms with Crippen molar-refractivity contribution in [3.8, 4) is 28.6 Å². The van der Waals surface area contributed by atoms with E-state index in [0.717, 1.165) is 12.7 Å². The van der Waals surface area contributed by atoms with Crippen LogP contribution in [0.15, 0.2) is 59.3 Å². The molecule has 2 aromatic carbocycles. The van der Waals surface area contributed by atoms with E-state index in [9.17, 15) is 4.79 Å². The van der Waals surface area contributed by atoms with E-state index in [2.05, 4.69) is 10.1 Å². The average Bonchev–Trinajstić information content (AvgIpc) is 3.18. The van der Waals surface area contributed by atoms with Crippen molar-refractivity contribution < 1.29 is 23.9 Å². The summed E-state index contributed by atoms with van der Waals surface area (Å²) in [5.74, 6) is 1.43. The van der Waals surface area contributed by atoms with E-state index in [1.54, 1.807) is 48.7 Å². The number of benzene rings is 2. The summed E-state index contributed by atoms with van der Waals surface area (Å²) in [7, 11) is 1.00. The van der Waals surface area contributed by atoms with Crippen molar-refractivity contribution in [1.29, 1.82) is 0 Å². The second kappa shape index (κ2) is 10.1. The zero-order valence-corrected chi connectivity index (χ0v) is 17.2. The Bertz CT molecular complexity index is 1130. The van der Waals surface area contributed by atoms with E-state index >= 15 is 0 Å². The van der Waals surface area contributed by atoms with Crippen LogP contribution in [-0.4, -0.2) is 35.3 Å². The van der Waals surface area contributed by atoms with Crippen LogP contribution < -0.4 is 9.47 Å². The predicted molar refractivity (Wildman–Crippen MR) is 113 cm³/mol. The molecule has 0 aliphatic rings. The monoisotopic (exact) mass is 446 g/mol. The van der Waals surface area contributed by atoms with Crippen LogP contribution in [0.4, 0.5) is 0 Å². The quantitative estimate of drug-likeness (QED) is 0.407. The lowest BCUT2D eigenvalue weighted by Gasteiger charge is -2.06. The minimum atomic E-state index is -0.0931. The Morgan fingerprint density at radius 3 is 2.53 bits per heavy atom. The summed E-state index contributed by atoms with van der Waals surface area (Å²) in [4.78, 5) is 14.9. The molecule has 30 heavy (non-hydrogen) atoms. The summed E-state index contributed by atoms with van der Waals surface area (Å²) in [6.45, 7) is -0.0931. The number of hydrogen-bond acceptors (Lipinski definition) is 7. The van der Waals surface area contributed by atoms with Crippen molar-refractivity contribution in [3.63, 3.8) is 0 Å². The Labute approximate surface area is 181 Å². The third kappa shape index (κ3) is 4.88. The first kappa shape index (κ1) is 21.6. The van der Waals surface area contributed by atoms with Gasteiger partial charge in [0, 0.05) is 36.0 Å². The van der Waals surface area contributed by atoms with Crippen molar-refractivity contribution in [2.24, 2.45) is 0 Å². The second-order valence-corrected chi connectivity index (χ2v) is 6.57. The zero-order valence-electron chi connectivity index (χ0n) is 15.7. The van der Waals surface area contributed by atoms with Gasteiger partial charge in [0.15, 0.2) is 11.9 Å². The standard InChI is InChI=1S/C20H12Cl2N2O4.CH4O/c21-13-2-4-14(5-3-13)27-19-6-1-12(11-23-19)20-15-9-18(26-8-7-25)16(22)10-17(15)28-24-20;1-2/h1-7,9-11H,8H2;2H,1H3. The van der Waals surface area contributed by atoms with E-state index in [-0.39, 0.29) is 6.61 Å². The van der Waals surface area contributed by atoms with Crippen LogP contribution >= 0.6 is 23.2 Å². The molecule has 0 aliphatic carbocycles. The number of ether oxygens (including phenoxy) is 2. The maximum absolute atomic E-state index is 10.5. The van der Waals surface area contributed by atoms with Gasteiger partial charge in [0.2, 0.25) is 5.88 Å². The number of aliphatic hydroxyl groups excluding tert-OH is 1. The van der Waals surface area contributed by atoms with Gasteiger partial charge in [0.25, 0.3) is 0 Å². The Balaban J connectivity index is 0.00000124. The van der Waals surface area contributed by atoms with Gasteiger partial charge in [-0.3, -0.25) is 4.79 Å². The van der Waals surface area contributed by atoms with Gasteiger partial charge in [0.1, 0.15) is 23.8 Å². The molecule has 4 aromatic rings. The number of aliphatic hydroxyl groups is 1. The van der Waals surface area contributed by atoms with Crippen LogP contribution in [0.3, 0.4) is 0 Å². The highest BCUT2D eigenvalue weighted by molar-refractivity contribution is 6.33. The molecule has 0 spiro atoms. The highest BCUT2D eigenvalue weighted by Crippen LogP contribution is 2.35. The number of pyridine rings is 1.